The fraction of sp³-hybridized carbons (Fsp3) is 0.462. The maximum absolute atomic E-state index is 12.0. The molecular weight excluding hydrogens is 204 g/mol. The number of carbonyl (C=O) groups excluding carboxylic acids is 1. The first-order valence-electron chi connectivity index (χ1n) is 5.58. The molecule has 0 saturated heterocycles. The van der Waals surface area contributed by atoms with Crippen LogP contribution in [0.1, 0.15) is 31.1 Å². The molecule has 1 atom stereocenters. The Bertz CT molecular complexity index is 347. The van der Waals surface area contributed by atoms with E-state index in [9.17, 15) is 4.79 Å². The predicted octanol–water partition coefficient (Wildman–Crippen LogP) is 2.69. The van der Waals surface area contributed by atoms with E-state index < -0.39 is 6.10 Å². The second-order valence-electron chi connectivity index (χ2n) is 3.39. The van der Waals surface area contributed by atoms with Crippen molar-refractivity contribution in [3.8, 4) is 5.75 Å². The van der Waals surface area contributed by atoms with Gasteiger partial charge in [0.2, 0.25) is 0 Å². The van der Waals surface area contributed by atoms with E-state index in [2.05, 4.69) is 0 Å². The standard InChI is InChI=1S/C13H18O3/c1-4-15-10(3)13(14)11-8-6-7-9-12(11)16-5-2/h6-10H,4-5H2,1-3H3. The van der Waals surface area contributed by atoms with Crippen LogP contribution in [0.2, 0.25) is 0 Å². The van der Waals surface area contributed by atoms with Gasteiger partial charge in [-0.2, -0.15) is 0 Å². The van der Waals surface area contributed by atoms with E-state index >= 15 is 0 Å². The summed E-state index contributed by atoms with van der Waals surface area (Å²) in [4.78, 5) is 12.0. The van der Waals surface area contributed by atoms with Crippen LogP contribution in [0.15, 0.2) is 24.3 Å². The Morgan fingerprint density at radius 1 is 1.25 bits per heavy atom. The molecule has 0 aromatic heterocycles. The molecule has 0 amide bonds. The van der Waals surface area contributed by atoms with Gasteiger partial charge >= 0.3 is 0 Å². The summed E-state index contributed by atoms with van der Waals surface area (Å²) >= 11 is 0. The monoisotopic (exact) mass is 222 g/mol. The average Bonchev–Trinajstić information content (AvgIpc) is 2.29. The Balaban J connectivity index is 2.89. The van der Waals surface area contributed by atoms with Crippen molar-refractivity contribution >= 4 is 5.78 Å². The fourth-order valence-electron chi connectivity index (χ4n) is 1.50. The minimum absolute atomic E-state index is 0.0362. The maximum atomic E-state index is 12.0. The molecule has 0 aliphatic carbocycles. The minimum Gasteiger partial charge on any atom is -0.493 e. The number of hydrogen-bond acceptors (Lipinski definition) is 3. The molecule has 0 fully saturated rings. The molecule has 0 saturated carbocycles. The van der Waals surface area contributed by atoms with E-state index in [0.29, 0.717) is 24.5 Å². The summed E-state index contributed by atoms with van der Waals surface area (Å²) in [7, 11) is 0. The highest BCUT2D eigenvalue weighted by Crippen LogP contribution is 2.20. The highest BCUT2D eigenvalue weighted by atomic mass is 16.5. The molecule has 1 rings (SSSR count). The molecule has 88 valence electrons. The van der Waals surface area contributed by atoms with Gasteiger partial charge < -0.3 is 9.47 Å². The van der Waals surface area contributed by atoms with Crippen LogP contribution < -0.4 is 4.74 Å². The second kappa shape index (κ2) is 6.28. The van der Waals surface area contributed by atoms with E-state index in [4.69, 9.17) is 9.47 Å². The van der Waals surface area contributed by atoms with Gasteiger partial charge in [0.05, 0.1) is 12.2 Å². The number of carbonyl (C=O) groups is 1. The van der Waals surface area contributed by atoms with Gasteiger partial charge in [-0.1, -0.05) is 12.1 Å². The Kier molecular flexibility index (Phi) is 4.99. The molecule has 0 aliphatic rings. The van der Waals surface area contributed by atoms with Crippen LogP contribution in [0.5, 0.6) is 5.75 Å². The van der Waals surface area contributed by atoms with Crippen molar-refractivity contribution in [2.45, 2.75) is 26.9 Å². The quantitative estimate of drug-likeness (QED) is 0.694. The van der Waals surface area contributed by atoms with Crippen molar-refractivity contribution in [1.29, 1.82) is 0 Å². The van der Waals surface area contributed by atoms with Crippen LogP contribution in [-0.2, 0) is 4.74 Å². The molecule has 1 aromatic rings. The first kappa shape index (κ1) is 12.7. The SMILES string of the molecule is CCOc1ccccc1C(=O)C(C)OCC. The zero-order valence-corrected chi connectivity index (χ0v) is 10.0. The van der Waals surface area contributed by atoms with Crippen LogP contribution in [0.4, 0.5) is 0 Å². The van der Waals surface area contributed by atoms with E-state index in [0.717, 1.165) is 0 Å². The average molecular weight is 222 g/mol. The van der Waals surface area contributed by atoms with Gasteiger partial charge in [0.25, 0.3) is 0 Å². The Morgan fingerprint density at radius 3 is 2.56 bits per heavy atom. The third kappa shape index (κ3) is 3.07. The largest absolute Gasteiger partial charge is 0.493 e. The smallest absolute Gasteiger partial charge is 0.194 e. The number of rotatable bonds is 6. The second-order valence-corrected chi connectivity index (χ2v) is 3.39. The lowest BCUT2D eigenvalue weighted by Crippen LogP contribution is -2.21. The number of benzene rings is 1. The van der Waals surface area contributed by atoms with Crippen LogP contribution in [-0.4, -0.2) is 25.1 Å². The van der Waals surface area contributed by atoms with Crippen molar-refractivity contribution in [1.82, 2.24) is 0 Å². The Hall–Kier alpha value is -1.35. The molecule has 0 N–H and O–H groups in total. The van der Waals surface area contributed by atoms with Gasteiger partial charge in [0.15, 0.2) is 5.78 Å². The third-order valence-corrected chi connectivity index (χ3v) is 2.24. The van der Waals surface area contributed by atoms with Gasteiger partial charge in [-0.15, -0.1) is 0 Å². The highest BCUT2D eigenvalue weighted by Gasteiger charge is 2.18. The van der Waals surface area contributed by atoms with Crippen LogP contribution in [0.3, 0.4) is 0 Å². The first-order valence-corrected chi connectivity index (χ1v) is 5.58. The van der Waals surface area contributed by atoms with Crippen molar-refractivity contribution in [2.24, 2.45) is 0 Å². The maximum Gasteiger partial charge on any atom is 0.194 e. The molecule has 0 heterocycles. The number of Topliss-reactive ketones (excluding diaryl/α,β-unsaturated/α-hetero) is 1. The van der Waals surface area contributed by atoms with E-state index in [1.54, 1.807) is 19.1 Å². The van der Waals surface area contributed by atoms with E-state index in [-0.39, 0.29) is 5.78 Å². The lowest BCUT2D eigenvalue weighted by molar-refractivity contribution is 0.0517. The van der Waals surface area contributed by atoms with Crippen molar-refractivity contribution in [3.63, 3.8) is 0 Å². The zero-order valence-electron chi connectivity index (χ0n) is 10.0. The summed E-state index contributed by atoms with van der Waals surface area (Å²) in [6, 6.07) is 7.25. The minimum atomic E-state index is -0.424. The summed E-state index contributed by atoms with van der Waals surface area (Å²) in [6.07, 6.45) is -0.424. The van der Waals surface area contributed by atoms with Crippen LogP contribution in [0, 0.1) is 0 Å². The molecule has 1 unspecified atom stereocenters. The molecule has 1 aromatic carbocycles. The summed E-state index contributed by atoms with van der Waals surface area (Å²) in [5.41, 5.74) is 0.588. The van der Waals surface area contributed by atoms with Gasteiger partial charge in [0, 0.05) is 6.61 Å². The molecule has 0 aliphatic heterocycles. The summed E-state index contributed by atoms with van der Waals surface area (Å²) in [5, 5.41) is 0. The Morgan fingerprint density at radius 2 is 1.94 bits per heavy atom. The van der Waals surface area contributed by atoms with Crippen LogP contribution >= 0.6 is 0 Å². The summed E-state index contributed by atoms with van der Waals surface area (Å²) in [6.45, 7) is 6.61. The lowest BCUT2D eigenvalue weighted by atomic mass is 10.1. The topological polar surface area (TPSA) is 35.5 Å². The fourth-order valence-corrected chi connectivity index (χ4v) is 1.50. The van der Waals surface area contributed by atoms with Crippen molar-refractivity contribution in [3.05, 3.63) is 29.8 Å². The lowest BCUT2D eigenvalue weighted by Gasteiger charge is -2.13. The zero-order chi connectivity index (χ0) is 12.0. The number of para-hydroxylation sites is 1. The molecule has 0 spiro atoms. The third-order valence-electron chi connectivity index (χ3n) is 2.24. The first-order chi connectivity index (χ1) is 7.70. The number of ketones is 1. The van der Waals surface area contributed by atoms with Gasteiger partial charge in [0.1, 0.15) is 11.9 Å². The van der Waals surface area contributed by atoms with Gasteiger partial charge in [-0.25, -0.2) is 0 Å². The molecule has 3 nitrogen and oxygen atoms in total. The summed E-state index contributed by atoms with van der Waals surface area (Å²) < 4.78 is 10.7. The van der Waals surface area contributed by atoms with E-state index in [1.165, 1.54) is 0 Å². The molecule has 0 radical (unpaired) electrons. The predicted molar refractivity (Wildman–Crippen MR) is 63.0 cm³/mol. The van der Waals surface area contributed by atoms with Gasteiger partial charge in [-0.3, -0.25) is 4.79 Å². The molecule has 16 heavy (non-hydrogen) atoms. The normalized spacial score (nSPS) is 12.2. The molecule has 3 heteroatoms. The number of ether oxygens (including phenoxy) is 2. The Labute approximate surface area is 96.4 Å². The summed E-state index contributed by atoms with van der Waals surface area (Å²) in [5.74, 6) is 0.590. The van der Waals surface area contributed by atoms with Crippen molar-refractivity contribution in [2.75, 3.05) is 13.2 Å². The van der Waals surface area contributed by atoms with Gasteiger partial charge in [-0.05, 0) is 32.9 Å². The molecular formula is C13H18O3. The van der Waals surface area contributed by atoms with Crippen LogP contribution in [0.25, 0.3) is 0 Å². The number of hydrogen-bond donors (Lipinski definition) is 0. The van der Waals surface area contributed by atoms with E-state index in [1.807, 2.05) is 26.0 Å². The van der Waals surface area contributed by atoms with Crippen molar-refractivity contribution < 1.29 is 14.3 Å². The molecule has 0 bridgehead atoms. The highest BCUT2D eigenvalue weighted by molar-refractivity contribution is 6.01.